The minimum atomic E-state index is -0.949. The van der Waals surface area contributed by atoms with Crippen molar-refractivity contribution in [1.82, 2.24) is 10.2 Å². The van der Waals surface area contributed by atoms with Crippen molar-refractivity contribution in [3.63, 3.8) is 0 Å². The number of hydrogen-bond donors (Lipinski definition) is 2. The van der Waals surface area contributed by atoms with E-state index < -0.39 is 17.5 Å². The molecular weight excluding hydrogens is 446 g/mol. The molecule has 0 saturated carbocycles. The molecule has 34 heavy (non-hydrogen) atoms. The van der Waals surface area contributed by atoms with Crippen molar-refractivity contribution in [3.05, 3.63) is 59.7 Å². The van der Waals surface area contributed by atoms with Crippen molar-refractivity contribution in [2.45, 2.75) is 12.8 Å². The van der Waals surface area contributed by atoms with Gasteiger partial charge in [0.05, 0.1) is 25.3 Å². The maximum absolute atomic E-state index is 13.6. The molecule has 1 fully saturated rings. The van der Waals surface area contributed by atoms with Crippen LogP contribution in [0.2, 0.25) is 0 Å². The van der Waals surface area contributed by atoms with E-state index in [0.717, 1.165) is 30.9 Å². The van der Waals surface area contributed by atoms with Gasteiger partial charge in [0.2, 0.25) is 11.8 Å². The molecular formula is C24H28F2N4O4. The van der Waals surface area contributed by atoms with E-state index in [1.807, 2.05) is 24.3 Å². The van der Waals surface area contributed by atoms with Crippen molar-refractivity contribution < 1.29 is 27.9 Å². The number of amides is 3. The molecule has 0 spiro atoms. The second kappa shape index (κ2) is 12.1. The third-order valence-corrected chi connectivity index (χ3v) is 5.36. The minimum absolute atomic E-state index is 0.101. The fourth-order valence-corrected chi connectivity index (χ4v) is 3.48. The molecule has 8 nitrogen and oxygen atoms in total. The lowest BCUT2D eigenvalue weighted by atomic mass is 10.2. The van der Waals surface area contributed by atoms with Gasteiger partial charge in [0.15, 0.2) is 0 Å². The van der Waals surface area contributed by atoms with Gasteiger partial charge in [-0.1, -0.05) is 0 Å². The highest BCUT2D eigenvalue weighted by Gasteiger charge is 2.15. The molecule has 0 unspecified atom stereocenters. The number of nitrogens with one attached hydrogen (secondary N) is 2. The Hall–Kier alpha value is -3.53. The molecule has 182 valence electrons. The molecule has 2 aromatic rings. The van der Waals surface area contributed by atoms with Crippen LogP contribution in [0.5, 0.6) is 0 Å². The summed E-state index contributed by atoms with van der Waals surface area (Å²) < 4.78 is 31.9. The smallest absolute Gasteiger partial charge is 0.254 e. The van der Waals surface area contributed by atoms with Crippen LogP contribution in [0.4, 0.5) is 20.2 Å². The lowest BCUT2D eigenvalue weighted by Gasteiger charge is -2.28. The number of rotatable bonds is 9. The van der Waals surface area contributed by atoms with Crippen molar-refractivity contribution >= 4 is 29.1 Å². The standard InChI is InChI=1S/C24H28F2N4O4/c1-29(23(32)3-2-10-27-24(33)20-9-4-17(25)15-21(20)26)16-22(31)28-18-5-7-19(8-6-18)30-11-13-34-14-12-30/h4-9,15H,2-3,10-14,16H2,1H3,(H,27,33)(H,28,31). The number of hydrogen-bond acceptors (Lipinski definition) is 5. The van der Waals surface area contributed by atoms with Gasteiger partial charge in [-0.15, -0.1) is 0 Å². The largest absolute Gasteiger partial charge is 0.378 e. The van der Waals surface area contributed by atoms with Gasteiger partial charge in [-0.25, -0.2) is 8.78 Å². The summed E-state index contributed by atoms with van der Waals surface area (Å²) in [6.07, 6.45) is 0.409. The van der Waals surface area contributed by atoms with Crippen LogP contribution in [-0.4, -0.2) is 69.1 Å². The van der Waals surface area contributed by atoms with E-state index in [1.54, 1.807) is 0 Å². The van der Waals surface area contributed by atoms with Gasteiger partial charge < -0.3 is 25.2 Å². The van der Waals surface area contributed by atoms with E-state index in [-0.39, 0.29) is 36.9 Å². The number of carbonyl (C=O) groups excluding carboxylic acids is 3. The van der Waals surface area contributed by atoms with E-state index in [2.05, 4.69) is 15.5 Å². The van der Waals surface area contributed by atoms with Crippen molar-refractivity contribution in [3.8, 4) is 0 Å². The van der Waals surface area contributed by atoms with Crippen LogP contribution in [0.15, 0.2) is 42.5 Å². The van der Waals surface area contributed by atoms with Crippen LogP contribution < -0.4 is 15.5 Å². The Morgan fingerprint density at radius 3 is 2.44 bits per heavy atom. The van der Waals surface area contributed by atoms with Crippen LogP contribution in [-0.2, 0) is 14.3 Å². The zero-order valence-electron chi connectivity index (χ0n) is 19.0. The third kappa shape index (κ3) is 7.24. The topological polar surface area (TPSA) is 91.0 Å². The SMILES string of the molecule is CN(CC(=O)Nc1ccc(N2CCOCC2)cc1)C(=O)CCCNC(=O)c1ccc(F)cc1F. The monoisotopic (exact) mass is 474 g/mol. The zero-order valence-corrected chi connectivity index (χ0v) is 19.0. The molecule has 2 aromatic carbocycles. The first-order chi connectivity index (χ1) is 16.3. The minimum Gasteiger partial charge on any atom is -0.378 e. The average Bonchev–Trinajstić information content (AvgIpc) is 2.82. The summed E-state index contributed by atoms with van der Waals surface area (Å²) in [6, 6.07) is 10.2. The van der Waals surface area contributed by atoms with E-state index >= 15 is 0 Å². The molecule has 1 aliphatic rings. The predicted octanol–water partition coefficient (Wildman–Crippen LogP) is 2.41. The van der Waals surface area contributed by atoms with E-state index in [1.165, 1.54) is 11.9 Å². The molecule has 0 atom stereocenters. The van der Waals surface area contributed by atoms with Crippen LogP contribution in [0.3, 0.4) is 0 Å². The normalized spacial score (nSPS) is 13.3. The number of ether oxygens (including phenoxy) is 1. The first kappa shape index (κ1) is 25.1. The molecule has 0 aliphatic carbocycles. The van der Waals surface area contributed by atoms with Gasteiger partial charge in [0.1, 0.15) is 11.6 Å². The van der Waals surface area contributed by atoms with Crippen molar-refractivity contribution in [1.29, 1.82) is 0 Å². The fourth-order valence-electron chi connectivity index (χ4n) is 3.48. The maximum Gasteiger partial charge on any atom is 0.254 e. The summed E-state index contributed by atoms with van der Waals surface area (Å²) in [5.41, 5.74) is 1.43. The number of carbonyl (C=O) groups is 3. The third-order valence-electron chi connectivity index (χ3n) is 5.36. The lowest BCUT2D eigenvalue weighted by molar-refractivity contribution is -0.133. The van der Waals surface area contributed by atoms with Crippen molar-refractivity contribution in [2.24, 2.45) is 0 Å². The van der Waals surface area contributed by atoms with Crippen LogP contribution >= 0.6 is 0 Å². The van der Waals surface area contributed by atoms with Crippen LogP contribution in [0.1, 0.15) is 23.2 Å². The number of nitrogens with zero attached hydrogens (tertiary/aromatic N) is 2. The van der Waals surface area contributed by atoms with Gasteiger partial charge in [-0.2, -0.15) is 0 Å². The predicted molar refractivity (Wildman–Crippen MR) is 124 cm³/mol. The van der Waals surface area contributed by atoms with Gasteiger partial charge in [0.25, 0.3) is 5.91 Å². The number of anilines is 2. The Bertz CT molecular complexity index is 1010. The number of halogens is 2. The number of benzene rings is 2. The molecule has 1 aliphatic heterocycles. The summed E-state index contributed by atoms with van der Waals surface area (Å²) in [5.74, 6) is -2.99. The van der Waals surface area contributed by atoms with E-state index in [0.29, 0.717) is 31.4 Å². The second-order valence-corrected chi connectivity index (χ2v) is 7.93. The molecule has 3 amide bonds. The van der Waals surface area contributed by atoms with E-state index in [9.17, 15) is 23.2 Å². The van der Waals surface area contributed by atoms with E-state index in [4.69, 9.17) is 4.74 Å². The second-order valence-electron chi connectivity index (χ2n) is 7.93. The average molecular weight is 475 g/mol. The molecule has 2 N–H and O–H groups in total. The maximum atomic E-state index is 13.6. The molecule has 10 heteroatoms. The van der Waals surface area contributed by atoms with Gasteiger partial charge in [-0.05, 0) is 42.8 Å². The van der Waals surface area contributed by atoms with Gasteiger partial charge >= 0.3 is 0 Å². The summed E-state index contributed by atoms with van der Waals surface area (Å²) in [7, 11) is 1.52. The van der Waals surface area contributed by atoms with Crippen molar-refractivity contribution in [2.75, 3.05) is 56.7 Å². The Labute approximate surface area is 196 Å². The summed E-state index contributed by atoms with van der Waals surface area (Å²) in [5, 5.41) is 5.27. The molecule has 1 heterocycles. The Kier molecular flexibility index (Phi) is 8.92. The Balaban J connectivity index is 1.36. The molecule has 0 radical (unpaired) electrons. The Morgan fingerprint density at radius 1 is 1.06 bits per heavy atom. The molecule has 1 saturated heterocycles. The zero-order chi connectivity index (χ0) is 24.5. The Morgan fingerprint density at radius 2 is 1.76 bits per heavy atom. The fraction of sp³-hybridized carbons (Fsp3) is 0.375. The summed E-state index contributed by atoms with van der Waals surface area (Å²) in [6.45, 7) is 3.06. The summed E-state index contributed by atoms with van der Waals surface area (Å²) in [4.78, 5) is 40.0. The van der Waals surface area contributed by atoms with Gasteiger partial charge in [-0.3, -0.25) is 14.4 Å². The highest BCUT2D eigenvalue weighted by Crippen LogP contribution is 2.19. The summed E-state index contributed by atoms with van der Waals surface area (Å²) >= 11 is 0. The first-order valence-corrected chi connectivity index (χ1v) is 11.0. The highest BCUT2D eigenvalue weighted by molar-refractivity contribution is 5.95. The number of likely N-dealkylation sites (N-methyl/N-ethyl adjacent to an activating group) is 1. The van der Waals surface area contributed by atoms with Gasteiger partial charge in [0, 0.05) is 50.5 Å². The van der Waals surface area contributed by atoms with Crippen LogP contribution in [0.25, 0.3) is 0 Å². The highest BCUT2D eigenvalue weighted by atomic mass is 19.1. The first-order valence-electron chi connectivity index (χ1n) is 11.0. The van der Waals surface area contributed by atoms with Crippen LogP contribution in [0, 0.1) is 11.6 Å². The lowest BCUT2D eigenvalue weighted by Crippen LogP contribution is -2.36. The quantitative estimate of drug-likeness (QED) is 0.545. The molecule has 3 rings (SSSR count). The molecule has 0 bridgehead atoms. The number of morpholine rings is 1. The molecule has 0 aromatic heterocycles.